The van der Waals surface area contributed by atoms with Gasteiger partial charge in [-0.15, -0.1) is 5.10 Å². The third kappa shape index (κ3) is 4.70. The van der Waals surface area contributed by atoms with Gasteiger partial charge in [0, 0.05) is 11.8 Å². The number of anilines is 1. The summed E-state index contributed by atoms with van der Waals surface area (Å²) in [5, 5.41) is 10.2. The molecule has 1 aromatic heterocycles. The largest absolute Gasteiger partial charge is 0.497 e. The van der Waals surface area contributed by atoms with Gasteiger partial charge in [-0.1, -0.05) is 17.2 Å². The lowest BCUT2D eigenvalue weighted by atomic mass is 10.1. The van der Waals surface area contributed by atoms with Crippen molar-refractivity contribution in [2.45, 2.75) is 11.3 Å². The summed E-state index contributed by atoms with van der Waals surface area (Å²) in [5.74, 6) is 0.622. The van der Waals surface area contributed by atoms with Gasteiger partial charge in [0.1, 0.15) is 5.75 Å². The first-order valence-corrected chi connectivity index (χ1v) is 9.81. The molecule has 2 aromatic carbocycles. The Morgan fingerprint density at radius 2 is 1.74 bits per heavy atom. The first-order chi connectivity index (χ1) is 12.8. The SMILES string of the molecule is COc1ccc(Cc2nnc(NC(=O)c3ccc(S(C)(=O)=O)cc3)o2)cc1. The van der Waals surface area contributed by atoms with Gasteiger partial charge in [-0.3, -0.25) is 10.1 Å². The van der Waals surface area contributed by atoms with Gasteiger partial charge in [-0.2, -0.15) is 0 Å². The number of amides is 1. The van der Waals surface area contributed by atoms with Crippen LogP contribution in [0.3, 0.4) is 0 Å². The summed E-state index contributed by atoms with van der Waals surface area (Å²) in [4.78, 5) is 12.3. The van der Waals surface area contributed by atoms with E-state index in [1.165, 1.54) is 24.3 Å². The number of carbonyl (C=O) groups is 1. The van der Waals surface area contributed by atoms with E-state index in [9.17, 15) is 13.2 Å². The molecule has 0 unspecified atom stereocenters. The van der Waals surface area contributed by atoms with Crippen LogP contribution < -0.4 is 10.1 Å². The third-order valence-electron chi connectivity index (χ3n) is 3.75. The summed E-state index contributed by atoms with van der Waals surface area (Å²) in [6.45, 7) is 0. The minimum atomic E-state index is -3.32. The summed E-state index contributed by atoms with van der Waals surface area (Å²) in [7, 11) is -1.72. The van der Waals surface area contributed by atoms with Crippen molar-refractivity contribution in [2.24, 2.45) is 0 Å². The summed E-state index contributed by atoms with van der Waals surface area (Å²) in [6.07, 6.45) is 1.51. The van der Waals surface area contributed by atoms with Gasteiger partial charge in [0.2, 0.25) is 5.89 Å². The molecule has 9 heteroatoms. The van der Waals surface area contributed by atoms with E-state index >= 15 is 0 Å². The standard InChI is InChI=1S/C18H17N3O5S/c1-25-14-7-3-12(4-8-14)11-16-20-21-18(26-16)19-17(22)13-5-9-15(10-6-13)27(2,23)24/h3-10H,11H2,1-2H3,(H,19,21,22). The smallest absolute Gasteiger partial charge is 0.322 e. The maximum absolute atomic E-state index is 12.2. The van der Waals surface area contributed by atoms with Crippen LogP contribution in [0.4, 0.5) is 6.01 Å². The van der Waals surface area contributed by atoms with Crippen LogP contribution in [0.1, 0.15) is 21.8 Å². The van der Waals surface area contributed by atoms with Crippen molar-refractivity contribution in [3.63, 3.8) is 0 Å². The number of ether oxygens (including phenoxy) is 1. The second kappa shape index (κ2) is 7.58. The predicted molar refractivity (Wildman–Crippen MR) is 97.6 cm³/mol. The van der Waals surface area contributed by atoms with E-state index in [0.29, 0.717) is 12.3 Å². The normalized spacial score (nSPS) is 11.2. The molecule has 1 heterocycles. The highest BCUT2D eigenvalue weighted by Crippen LogP contribution is 2.16. The lowest BCUT2D eigenvalue weighted by molar-refractivity contribution is 0.102. The van der Waals surface area contributed by atoms with Gasteiger partial charge in [-0.25, -0.2) is 8.42 Å². The summed E-state index contributed by atoms with van der Waals surface area (Å²) < 4.78 is 33.4. The fraction of sp³-hybridized carbons (Fsp3) is 0.167. The molecule has 3 aromatic rings. The first kappa shape index (κ1) is 18.6. The Labute approximate surface area is 156 Å². The Balaban J connectivity index is 1.65. The van der Waals surface area contributed by atoms with Crippen LogP contribution in [0.2, 0.25) is 0 Å². The van der Waals surface area contributed by atoms with Crippen LogP contribution in [0.25, 0.3) is 0 Å². The maximum Gasteiger partial charge on any atom is 0.322 e. The van der Waals surface area contributed by atoms with Crippen molar-refractivity contribution in [3.05, 3.63) is 65.5 Å². The fourth-order valence-corrected chi connectivity index (χ4v) is 2.95. The molecule has 0 aliphatic carbocycles. The zero-order chi connectivity index (χ0) is 19.4. The van der Waals surface area contributed by atoms with Gasteiger partial charge in [0.25, 0.3) is 5.91 Å². The minimum Gasteiger partial charge on any atom is -0.497 e. The maximum atomic E-state index is 12.2. The monoisotopic (exact) mass is 387 g/mol. The van der Waals surface area contributed by atoms with E-state index in [1.54, 1.807) is 7.11 Å². The number of methoxy groups -OCH3 is 1. The van der Waals surface area contributed by atoms with Crippen LogP contribution in [-0.2, 0) is 16.3 Å². The quantitative estimate of drug-likeness (QED) is 0.691. The highest BCUT2D eigenvalue weighted by Gasteiger charge is 2.13. The van der Waals surface area contributed by atoms with Crippen molar-refractivity contribution < 1.29 is 22.4 Å². The second-order valence-corrected chi connectivity index (χ2v) is 7.79. The number of sulfone groups is 1. The molecule has 1 N–H and O–H groups in total. The number of carbonyl (C=O) groups excluding carboxylic acids is 1. The molecule has 0 atom stereocenters. The van der Waals surface area contributed by atoms with Crippen LogP contribution in [0.15, 0.2) is 57.8 Å². The van der Waals surface area contributed by atoms with Gasteiger partial charge in [0.15, 0.2) is 9.84 Å². The number of nitrogens with one attached hydrogen (secondary N) is 1. The van der Waals surface area contributed by atoms with E-state index in [-0.39, 0.29) is 16.5 Å². The lowest BCUT2D eigenvalue weighted by Gasteiger charge is -2.02. The fourth-order valence-electron chi connectivity index (χ4n) is 2.32. The average molecular weight is 387 g/mol. The van der Waals surface area contributed by atoms with Gasteiger partial charge >= 0.3 is 6.01 Å². The molecule has 1 amide bonds. The Kier molecular flexibility index (Phi) is 5.22. The molecule has 0 fully saturated rings. The topological polar surface area (TPSA) is 111 Å². The van der Waals surface area contributed by atoms with E-state index in [1.807, 2.05) is 24.3 Å². The van der Waals surface area contributed by atoms with E-state index in [4.69, 9.17) is 9.15 Å². The van der Waals surface area contributed by atoms with Crippen LogP contribution in [-0.4, -0.2) is 37.9 Å². The van der Waals surface area contributed by atoms with Crippen molar-refractivity contribution >= 4 is 21.8 Å². The highest BCUT2D eigenvalue weighted by atomic mass is 32.2. The van der Waals surface area contributed by atoms with E-state index in [2.05, 4.69) is 15.5 Å². The molecule has 27 heavy (non-hydrogen) atoms. The molecule has 0 saturated heterocycles. The molecular formula is C18H17N3O5S. The van der Waals surface area contributed by atoms with Crippen molar-refractivity contribution in [2.75, 3.05) is 18.7 Å². The Morgan fingerprint density at radius 1 is 1.07 bits per heavy atom. The summed E-state index contributed by atoms with van der Waals surface area (Å²) in [5.41, 5.74) is 1.23. The number of benzene rings is 2. The van der Waals surface area contributed by atoms with Crippen molar-refractivity contribution in [1.82, 2.24) is 10.2 Å². The lowest BCUT2D eigenvalue weighted by Crippen LogP contribution is -2.12. The summed E-state index contributed by atoms with van der Waals surface area (Å²) >= 11 is 0. The molecule has 0 aliphatic heterocycles. The van der Waals surface area contributed by atoms with Gasteiger partial charge in [0.05, 0.1) is 18.4 Å². The highest BCUT2D eigenvalue weighted by molar-refractivity contribution is 7.90. The first-order valence-electron chi connectivity index (χ1n) is 7.92. The molecule has 140 valence electrons. The predicted octanol–water partition coefficient (Wildman–Crippen LogP) is 2.32. The number of hydrogen-bond acceptors (Lipinski definition) is 7. The third-order valence-corrected chi connectivity index (χ3v) is 4.87. The minimum absolute atomic E-state index is 0.0318. The molecule has 0 bridgehead atoms. The zero-order valence-corrected chi connectivity index (χ0v) is 15.5. The van der Waals surface area contributed by atoms with Crippen LogP contribution >= 0.6 is 0 Å². The summed E-state index contributed by atoms with van der Waals surface area (Å²) in [6, 6.07) is 13.0. The molecule has 0 saturated carbocycles. The van der Waals surface area contributed by atoms with Crippen LogP contribution in [0, 0.1) is 0 Å². The number of rotatable bonds is 6. The van der Waals surface area contributed by atoms with Crippen LogP contribution in [0.5, 0.6) is 5.75 Å². The second-order valence-electron chi connectivity index (χ2n) is 5.78. The van der Waals surface area contributed by atoms with Crippen molar-refractivity contribution in [3.8, 4) is 5.75 Å². The number of hydrogen-bond donors (Lipinski definition) is 1. The molecule has 8 nitrogen and oxygen atoms in total. The Bertz CT molecular complexity index is 1040. The molecule has 0 aliphatic rings. The average Bonchev–Trinajstić information content (AvgIpc) is 3.08. The van der Waals surface area contributed by atoms with Gasteiger partial charge < -0.3 is 9.15 Å². The number of nitrogens with zero attached hydrogens (tertiary/aromatic N) is 2. The van der Waals surface area contributed by atoms with E-state index in [0.717, 1.165) is 17.6 Å². The zero-order valence-electron chi connectivity index (χ0n) is 14.7. The van der Waals surface area contributed by atoms with Crippen molar-refractivity contribution in [1.29, 1.82) is 0 Å². The Morgan fingerprint density at radius 3 is 2.33 bits per heavy atom. The molecule has 0 spiro atoms. The van der Waals surface area contributed by atoms with E-state index < -0.39 is 15.7 Å². The molecule has 3 rings (SSSR count). The number of aromatic nitrogens is 2. The molecular weight excluding hydrogens is 370 g/mol. The van der Waals surface area contributed by atoms with Gasteiger partial charge in [-0.05, 0) is 42.0 Å². The Hall–Kier alpha value is -3.20. The molecule has 0 radical (unpaired) electrons.